The molecule has 4 nitrogen and oxygen atoms in total. The summed E-state index contributed by atoms with van der Waals surface area (Å²) in [6.45, 7) is 2.42. The van der Waals surface area contributed by atoms with E-state index < -0.39 is 0 Å². The van der Waals surface area contributed by atoms with E-state index in [0.717, 1.165) is 0 Å². The first-order valence-electron chi connectivity index (χ1n) is 8.50. The summed E-state index contributed by atoms with van der Waals surface area (Å²) < 4.78 is 5.64. The summed E-state index contributed by atoms with van der Waals surface area (Å²) in [5.41, 5.74) is 0.604. The second kappa shape index (κ2) is 4.47. The molecule has 6 atom stereocenters. The van der Waals surface area contributed by atoms with Crippen molar-refractivity contribution in [2.45, 2.75) is 13.3 Å². The van der Waals surface area contributed by atoms with E-state index in [1.54, 1.807) is 0 Å². The molecule has 0 unspecified atom stereocenters. The topological polar surface area (TPSA) is 46.6 Å². The summed E-state index contributed by atoms with van der Waals surface area (Å²) in [6.07, 6.45) is 5.58. The van der Waals surface area contributed by atoms with Crippen LogP contribution in [-0.2, 0) is 9.59 Å². The molecule has 4 heteroatoms. The van der Waals surface area contributed by atoms with Crippen LogP contribution in [0.1, 0.15) is 13.3 Å². The molecule has 3 fully saturated rings. The lowest BCUT2D eigenvalue weighted by atomic mass is 9.63. The Morgan fingerprint density at radius 1 is 1.04 bits per heavy atom. The molecule has 1 aromatic rings. The zero-order valence-electron chi connectivity index (χ0n) is 13.0. The predicted octanol–water partition coefficient (Wildman–Crippen LogP) is 2.64. The molecule has 0 spiro atoms. The zero-order chi connectivity index (χ0) is 15.7. The Balaban J connectivity index is 1.57. The van der Waals surface area contributed by atoms with Gasteiger partial charge < -0.3 is 4.74 Å². The van der Waals surface area contributed by atoms with Gasteiger partial charge in [-0.3, -0.25) is 9.59 Å². The Morgan fingerprint density at radius 2 is 1.65 bits per heavy atom. The number of para-hydroxylation sites is 2. The van der Waals surface area contributed by atoms with E-state index in [0.29, 0.717) is 29.9 Å². The van der Waals surface area contributed by atoms with Crippen LogP contribution < -0.4 is 9.64 Å². The van der Waals surface area contributed by atoms with Gasteiger partial charge in [-0.15, -0.1) is 0 Å². The van der Waals surface area contributed by atoms with E-state index in [1.807, 2.05) is 31.2 Å². The van der Waals surface area contributed by atoms with Crippen molar-refractivity contribution in [2.24, 2.45) is 35.5 Å². The van der Waals surface area contributed by atoms with Crippen LogP contribution in [0.25, 0.3) is 0 Å². The molecule has 6 rings (SSSR count). The number of imide groups is 1. The van der Waals surface area contributed by atoms with Gasteiger partial charge in [-0.2, -0.15) is 0 Å². The molecule has 5 aliphatic rings. The van der Waals surface area contributed by atoms with Gasteiger partial charge in [-0.1, -0.05) is 24.3 Å². The second-order valence-electron chi connectivity index (χ2n) is 7.07. The summed E-state index contributed by atoms with van der Waals surface area (Å²) in [6, 6.07) is 7.36. The molecule has 1 heterocycles. The fourth-order valence-electron chi connectivity index (χ4n) is 5.11. The predicted molar refractivity (Wildman–Crippen MR) is 84.8 cm³/mol. The normalized spacial score (nSPS) is 39.4. The maximum absolute atomic E-state index is 13.1. The number of carbonyl (C=O) groups excluding carboxylic acids is 2. The van der Waals surface area contributed by atoms with E-state index in [1.165, 1.54) is 11.3 Å². The quantitative estimate of drug-likeness (QED) is 0.637. The number of allylic oxidation sites excluding steroid dienone is 2. The van der Waals surface area contributed by atoms with Crippen LogP contribution in [0.15, 0.2) is 36.4 Å². The van der Waals surface area contributed by atoms with E-state index in [4.69, 9.17) is 4.74 Å². The first-order chi connectivity index (χ1) is 11.2. The minimum atomic E-state index is -0.157. The van der Waals surface area contributed by atoms with Gasteiger partial charge in [-0.05, 0) is 49.1 Å². The molecule has 2 saturated carbocycles. The van der Waals surface area contributed by atoms with Gasteiger partial charge >= 0.3 is 0 Å². The van der Waals surface area contributed by atoms with Crippen molar-refractivity contribution in [1.29, 1.82) is 0 Å². The van der Waals surface area contributed by atoms with Crippen LogP contribution in [0, 0.1) is 35.5 Å². The van der Waals surface area contributed by atoms with Gasteiger partial charge in [0.1, 0.15) is 5.75 Å². The maximum atomic E-state index is 13.1. The summed E-state index contributed by atoms with van der Waals surface area (Å²) in [7, 11) is 0. The number of benzene rings is 1. The number of anilines is 1. The first-order valence-corrected chi connectivity index (χ1v) is 8.50. The lowest BCUT2D eigenvalue weighted by Crippen LogP contribution is -2.40. The van der Waals surface area contributed by atoms with Crippen LogP contribution in [0.3, 0.4) is 0 Å². The minimum absolute atomic E-state index is 0.0307. The Morgan fingerprint density at radius 3 is 2.26 bits per heavy atom. The lowest BCUT2D eigenvalue weighted by molar-refractivity contribution is -0.124. The summed E-state index contributed by atoms with van der Waals surface area (Å²) in [5, 5.41) is 0. The number of hydrogen-bond donors (Lipinski definition) is 0. The van der Waals surface area contributed by atoms with Crippen molar-refractivity contribution in [1.82, 2.24) is 0 Å². The molecule has 2 bridgehead atoms. The van der Waals surface area contributed by atoms with Crippen LogP contribution >= 0.6 is 0 Å². The number of carbonyl (C=O) groups is 2. The van der Waals surface area contributed by atoms with Gasteiger partial charge in [0.2, 0.25) is 11.8 Å². The molecule has 4 aliphatic carbocycles. The van der Waals surface area contributed by atoms with Crippen LogP contribution in [-0.4, -0.2) is 18.4 Å². The van der Waals surface area contributed by atoms with Crippen molar-refractivity contribution in [2.75, 3.05) is 11.5 Å². The third kappa shape index (κ3) is 1.61. The Kier molecular flexibility index (Phi) is 2.59. The molecular weight excluding hydrogens is 290 g/mol. The Labute approximate surface area is 135 Å². The monoisotopic (exact) mass is 309 g/mol. The average molecular weight is 309 g/mol. The smallest absolute Gasteiger partial charge is 0.238 e. The Bertz CT molecular complexity index is 704. The van der Waals surface area contributed by atoms with Crippen LogP contribution in [0.5, 0.6) is 5.75 Å². The summed E-state index contributed by atoms with van der Waals surface area (Å²) in [4.78, 5) is 27.6. The molecule has 0 N–H and O–H groups in total. The maximum Gasteiger partial charge on any atom is 0.238 e. The highest BCUT2D eigenvalue weighted by molar-refractivity contribution is 6.23. The van der Waals surface area contributed by atoms with Gasteiger partial charge in [0.05, 0.1) is 24.1 Å². The molecule has 118 valence electrons. The molecule has 23 heavy (non-hydrogen) atoms. The van der Waals surface area contributed by atoms with Crippen molar-refractivity contribution in [3.8, 4) is 5.75 Å². The minimum Gasteiger partial charge on any atom is -0.492 e. The van der Waals surface area contributed by atoms with Gasteiger partial charge in [-0.25, -0.2) is 4.90 Å². The first kappa shape index (κ1) is 13.3. The van der Waals surface area contributed by atoms with E-state index >= 15 is 0 Å². The molecule has 1 aliphatic heterocycles. The molecule has 2 amide bonds. The molecule has 1 saturated heterocycles. The largest absolute Gasteiger partial charge is 0.492 e. The third-order valence-electron chi connectivity index (χ3n) is 6.07. The highest BCUT2D eigenvalue weighted by Crippen LogP contribution is 2.65. The van der Waals surface area contributed by atoms with Crippen molar-refractivity contribution < 1.29 is 14.3 Å². The molecule has 1 aromatic carbocycles. The average Bonchev–Trinajstić information content (AvgIpc) is 3.34. The number of ether oxygens (including phenoxy) is 1. The molecular formula is C19H19NO3. The zero-order valence-corrected chi connectivity index (χ0v) is 13.0. The third-order valence-corrected chi connectivity index (χ3v) is 6.07. The highest BCUT2D eigenvalue weighted by atomic mass is 16.5. The SMILES string of the molecule is CCOc1ccccc1N1C(=O)[C@@H]2[C@H]3C=C[C@@H]([C@@H]4C[C@@H]34)[C@@H]2C1=O. The number of hydrogen-bond acceptors (Lipinski definition) is 3. The van der Waals surface area contributed by atoms with Gasteiger partial charge in [0.15, 0.2) is 0 Å². The molecule has 0 aromatic heterocycles. The van der Waals surface area contributed by atoms with Crippen LogP contribution in [0.2, 0.25) is 0 Å². The number of amides is 2. The highest BCUT2D eigenvalue weighted by Gasteiger charge is 2.67. The van der Waals surface area contributed by atoms with E-state index in [2.05, 4.69) is 12.2 Å². The van der Waals surface area contributed by atoms with E-state index in [-0.39, 0.29) is 35.5 Å². The van der Waals surface area contributed by atoms with Crippen molar-refractivity contribution in [3.63, 3.8) is 0 Å². The van der Waals surface area contributed by atoms with Gasteiger partial charge in [0, 0.05) is 0 Å². The number of nitrogens with zero attached hydrogens (tertiary/aromatic N) is 1. The Hall–Kier alpha value is -2.10. The van der Waals surface area contributed by atoms with Crippen molar-refractivity contribution in [3.05, 3.63) is 36.4 Å². The summed E-state index contributed by atoms with van der Waals surface area (Å²) >= 11 is 0. The van der Waals surface area contributed by atoms with E-state index in [9.17, 15) is 9.59 Å². The molecule has 0 radical (unpaired) electrons. The van der Waals surface area contributed by atoms with Crippen LogP contribution in [0.4, 0.5) is 5.69 Å². The summed E-state index contributed by atoms with van der Waals surface area (Å²) in [5.74, 6) is 2.02. The van der Waals surface area contributed by atoms with Gasteiger partial charge in [0.25, 0.3) is 0 Å². The second-order valence-corrected chi connectivity index (χ2v) is 7.07. The standard InChI is InChI=1S/C19H19NO3/c1-2-23-15-6-4-3-5-14(15)20-18(21)16-10-7-8-11(13-9-12(10)13)17(16)19(20)22/h3-8,10-13,16-17H,2,9H2,1H3/t10-,11-,12-,13-,16-,17+/m0/s1. The fraction of sp³-hybridized carbons (Fsp3) is 0.474. The van der Waals surface area contributed by atoms with Crippen molar-refractivity contribution >= 4 is 17.5 Å². The fourth-order valence-corrected chi connectivity index (χ4v) is 5.11. The number of rotatable bonds is 3. The lowest BCUT2D eigenvalue weighted by Gasteiger charge is -2.37.